The fourth-order valence-corrected chi connectivity index (χ4v) is 6.64. The first kappa shape index (κ1) is 30.1. The van der Waals surface area contributed by atoms with Crippen molar-refractivity contribution in [2.24, 2.45) is 11.8 Å². The maximum absolute atomic E-state index is 6.17. The van der Waals surface area contributed by atoms with Gasteiger partial charge in [0, 0.05) is 44.8 Å². The zero-order valence-corrected chi connectivity index (χ0v) is 24.9. The van der Waals surface area contributed by atoms with Crippen LogP contribution in [0.2, 0.25) is 0 Å². The highest BCUT2D eigenvalue weighted by molar-refractivity contribution is 5.51. The summed E-state index contributed by atoms with van der Waals surface area (Å²) in [5.41, 5.74) is 6.17. The van der Waals surface area contributed by atoms with Gasteiger partial charge in [-0.05, 0) is 82.7 Å². The highest BCUT2D eigenvalue weighted by Gasteiger charge is 2.22. The van der Waals surface area contributed by atoms with Crippen LogP contribution in [0.5, 0.6) is 0 Å². The lowest BCUT2D eigenvalue weighted by Crippen LogP contribution is -2.47. The Morgan fingerprint density at radius 3 is 2.41 bits per heavy atom. The third-order valence-electron chi connectivity index (χ3n) is 9.27. The van der Waals surface area contributed by atoms with Crippen LogP contribution in [-0.4, -0.2) is 66.7 Å². The Labute approximate surface area is 238 Å². The summed E-state index contributed by atoms with van der Waals surface area (Å²) in [5.74, 6) is 3.83. The third-order valence-corrected chi connectivity index (χ3v) is 9.27. The average Bonchev–Trinajstić information content (AvgIpc) is 2.97. The number of unbranched alkanes of at least 4 members (excludes halogenated alkanes) is 2. The van der Waals surface area contributed by atoms with Crippen molar-refractivity contribution >= 4 is 17.6 Å². The molecule has 0 aromatic carbocycles. The van der Waals surface area contributed by atoms with Gasteiger partial charge >= 0.3 is 0 Å². The van der Waals surface area contributed by atoms with Gasteiger partial charge < -0.3 is 21.3 Å². The van der Waals surface area contributed by atoms with Gasteiger partial charge in [0.1, 0.15) is 11.6 Å². The molecular formula is C32H57N7. The van der Waals surface area contributed by atoms with Gasteiger partial charge in [0.2, 0.25) is 5.95 Å². The normalized spacial score (nSPS) is 23.5. The number of allylic oxidation sites excluding steroid dienone is 2. The van der Waals surface area contributed by atoms with Crippen LogP contribution < -0.4 is 21.3 Å². The smallest absolute Gasteiger partial charge is 0.226 e. The summed E-state index contributed by atoms with van der Waals surface area (Å²) in [7, 11) is 0. The molecule has 2 heterocycles. The molecule has 3 fully saturated rings. The Hall–Kier alpha value is -1.86. The SMILES string of the molecule is CCCCN1CCN(c2cc(N)nc(NCC3CCC(CC/C=C/CCCNC4CCCCC4)CC3)n2)CC1. The molecule has 3 aliphatic rings. The minimum absolute atomic E-state index is 0.563. The first-order chi connectivity index (χ1) is 19.2. The molecule has 1 aliphatic heterocycles. The second-order valence-electron chi connectivity index (χ2n) is 12.4. The molecule has 220 valence electrons. The van der Waals surface area contributed by atoms with Gasteiger partial charge in [0.25, 0.3) is 0 Å². The fourth-order valence-electron chi connectivity index (χ4n) is 6.64. The maximum atomic E-state index is 6.17. The number of piperazine rings is 1. The van der Waals surface area contributed by atoms with Crippen molar-refractivity contribution < 1.29 is 0 Å². The van der Waals surface area contributed by atoms with Gasteiger partial charge in [-0.1, -0.05) is 57.6 Å². The number of hydrogen-bond acceptors (Lipinski definition) is 7. The Morgan fingerprint density at radius 2 is 1.64 bits per heavy atom. The van der Waals surface area contributed by atoms with Crippen LogP contribution >= 0.6 is 0 Å². The van der Waals surface area contributed by atoms with Crippen LogP contribution in [0.4, 0.5) is 17.6 Å². The van der Waals surface area contributed by atoms with Crippen molar-refractivity contribution in [2.75, 3.05) is 61.8 Å². The lowest BCUT2D eigenvalue weighted by Gasteiger charge is -2.35. The number of hydrogen-bond donors (Lipinski definition) is 3. The molecule has 7 nitrogen and oxygen atoms in total. The number of nitrogens with one attached hydrogen (secondary N) is 2. The van der Waals surface area contributed by atoms with Gasteiger partial charge in [-0.2, -0.15) is 9.97 Å². The van der Waals surface area contributed by atoms with Crippen LogP contribution in [0.25, 0.3) is 0 Å². The summed E-state index contributed by atoms with van der Waals surface area (Å²) in [4.78, 5) is 14.3. The topological polar surface area (TPSA) is 82.3 Å². The van der Waals surface area contributed by atoms with Crippen LogP contribution in [0, 0.1) is 11.8 Å². The van der Waals surface area contributed by atoms with E-state index >= 15 is 0 Å². The number of aromatic nitrogens is 2. The van der Waals surface area contributed by atoms with Crippen molar-refractivity contribution in [1.82, 2.24) is 20.2 Å². The van der Waals surface area contributed by atoms with Gasteiger partial charge in [0.15, 0.2) is 0 Å². The minimum Gasteiger partial charge on any atom is -0.383 e. The monoisotopic (exact) mass is 539 g/mol. The van der Waals surface area contributed by atoms with E-state index in [0.29, 0.717) is 17.7 Å². The van der Waals surface area contributed by atoms with E-state index in [1.165, 1.54) is 109 Å². The van der Waals surface area contributed by atoms with E-state index in [1.54, 1.807) is 0 Å². The molecule has 2 saturated carbocycles. The van der Waals surface area contributed by atoms with Crippen molar-refractivity contribution in [3.63, 3.8) is 0 Å². The molecule has 0 unspecified atom stereocenters. The van der Waals surface area contributed by atoms with Crippen molar-refractivity contribution in [1.29, 1.82) is 0 Å². The van der Waals surface area contributed by atoms with Gasteiger partial charge in [0.05, 0.1) is 0 Å². The van der Waals surface area contributed by atoms with E-state index in [0.717, 1.165) is 50.5 Å². The van der Waals surface area contributed by atoms with Gasteiger partial charge in [-0.15, -0.1) is 0 Å². The lowest BCUT2D eigenvalue weighted by molar-refractivity contribution is 0.253. The summed E-state index contributed by atoms with van der Waals surface area (Å²) < 4.78 is 0. The highest BCUT2D eigenvalue weighted by Crippen LogP contribution is 2.32. The van der Waals surface area contributed by atoms with Crippen molar-refractivity contribution in [3.8, 4) is 0 Å². The predicted octanol–water partition coefficient (Wildman–Crippen LogP) is 6.24. The van der Waals surface area contributed by atoms with Crippen molar-refractivity contribution in [3.05, 3.63) is 18.2 Å². The van der Waals surface area contributed by atoms with Gasteiger partial charge in [-0.25, -0.2) is 0 Å². The average molecular weight is 540 g/mol. The summed E-state index contributed by atoms with van der Waals surface area (Å²) in [6.07, 6.45) is 24.9. The number of nitrogens with two attached hydrogens (primary N) is 1. The molecule has 1 saturated heterocycles. The van der Waals surface area contributed by atoms with E-state index < -0.39 is 0 Å². The molecule has 4 rings (SSSR count). The Bertz CT molecular complexity index is 822. The number of anilines is 3. The van der Waals surface area contributed by atoms with E-state index in [2.05, 4.69) is 44.5 Å². The number of nitrogens with zero attached hydrogens (tertiary/aromatic N) is 4. The standard InChI is InChI=1S/C32H57N7/c1-2-3-20-38-21-23-39(24-22-38)31-25-30(33)36-32(37-31)35-26-28-17-15-27(16-18-28)12-8-5-4-6-11-19-34-29-13-9-7-10-14-29/h4-5,25,27-29,34H,2-3,6-24,26H2,1H3,(H3,33,35,36,37)/b5-4+. The molecule has 0 spiro atoms. The zero-order valence-electron chi connectivity index (χ0n) is 24.9. The Morgan fingerprint density at radius 1 is 0.897 bits per heavy atom. The maximum Gasteiger partial charge on any atom is 0.226 e. The van der Waals surface area contributed by atoms with E-state index in [-0.39, 0.29) is 0 Å². The van der Waals surface area contributed by atoms with Crippen LogP contribution in [0.3, 0.4) is 0 Å². The van der Waals surface area contributed by atoms with Crippen LogP contribution in [0.1, 0.15) is 103 Å². The molecule has 0 amide bonds. The molecule has 4 N–H and O–H groups in total. The van der Waals surface area contributed by atoms with E-state index in [1.807, 2.05) is 6.07 Å². The number of nitrogen functional groups attached to an aromatic ring is 1. The molecule has 0 bridgehead atoms. The third kappa shape index (κ3) is 10.9. The van der Waals surface area contributed by atoms with Gasteiger partial charge in [-0.3, -0.25) is 4.90 Å². The van der Waals surface area contributed by atoms with Crippen LogP contribution in [-0.2, 0) is 0 Å². The lowest BCUT2D eigenvalue weighted by atomic mass is 9.80. The summed E-state index contributed by atoms with van der Waals surface area (Å²) in [6, 6.07) is 2.73. The fraction of sp³-hybridized carbons (Fsp3) is 0.812. The molecule has 1 aromatic rings. The first-order valence-corrected chi connectivity index (χ1v) is 16.4. The summed E-state index contributed by atoms with van der Waals surface area (Å²) in [5, 5.41) is 7.29. The molecule has 1 aromatic heterocycles. The second-order valence-corrected chi connectivity index (χ2v) is 12.4. The highest BCUT2D eigenvalue weighted by atomic mass is 15.3. The summed E-state index contributed by atoms with van der Waals surface area (Å²) in [6.45, 7) is 9.83. The molecular weight excluding hydrogens is 482 g/mol. The molecule has 39 heavy (non-hydrogen) atoms. The first-order valence-electron chi connectivity index (χ1n) is 16.4. The molecule has 0 atom stereocenters. The Balaban J connectivity index is 1.06. The van der Waals surface area contributed by atoms with E-state index in [9.17, 15) is 0 Å². The minimum atomic E-state index is 0.563. The summed E-state index contributed by atoms with van der Waals surface area (Å²) >= 11 is 0. The molecule has 0 radical (unpaired) electrons. The van der Waals surface area contributed by atoms with Crippen molar-refractivity contribution in [2.45, 2.75) is 109 Å². The largest absolute Gasteiger partial charge is 0.383 e. The molecule has 7 heteroatoms. The Kier molecular flexibility index (Phi) is 13.2. The quantitative estimate of drug-likeness (QED) is 0.180. The van der Waals surface area contributed by atoms with E-state index in [4.69, 9.17) is 10.7 Å². The second kappa shape index (κ2) is 17.1. The van der Waals surface area contributed by atoms with Crippen LogP contribution in [0.15, 0.2) is 18.2 Å². The zero-order chi connectivity index (χ0) is 27.1. The molecule has 2 aliphatic carbocycles. The predicted molar refractivity (Wildman–Crippen MR) is 166 cm³/mol. The number of rotatable bonds is 15.